The predicted octanol–water partition coefficient (Wildman–Crippen LogP) is 5.00. The minimum atomic E-state index is -0.958. The number of benzene rings is 2. The van der Waals surface area contributed by atoms with Gasteiger partial charge < -0.3 is 20.6 Å². The number of carbonyl (C=O) groups excluding carboxylic acids is 2. The van der Waals surface area contributed by atoms with E-state index < -0.39 is 12.0 Å². The van der Waals surface area contributed by atoms with Crippen molar-refractivity contribution in [3.63, 3.8) is 0 Å². The van der Waals surface area contributed by atoms with Gasteiger partial charge in [-0.25, -0.2) is 9.78 Å². The van der Waals surface area contributed by atoms with E-state index in [2.05, 4.69) is 10.6 Å². The van der Waals surface area contributed by atoms with Gasteiger partial charge >= 0.3 is 5.97 Å². The molecule has 1 aliphatic heterocycles. The van der Waals surface area contributed by atoms with Gasteiger partial charge in [0.15, 0.2) is 0 Å². The average molecular weight is 549 g/mol. The zero-order valence-electron chi connectivity index (χ0n) is 22.5. The lowest BCUT2D eigenvalue weighted by Crippen LogP contribution is -2.55. The Hall–Kier alpha value is -3.30. The van der Waals surface area contributed by atoms with Gasteiger partial charge in [0, 0.05) is 17.5 Å². The molecule has 2 aliphatic rings. The fraction of sp³-hybridized carbons (Fsp3) is 0.467. The van der Waals surface area contributed by atoms with Crippen LogP contribution in [0.1, 0.15) is 73.3 Å². The maximum Gasteiger partial charge on any atom is 0.336 e. The lowest BCUT2D eigenvalue weighted by atomic mass is 9.83. The molecule has 1 aliphatic carbocycles. The maximum atomic E-state index is 14.0. The lowest BCUT2D eigenvalue weighted by Gasteiger charge is -2.35. The largest absolute Gasteiger partial charge is 0.478 e. The number of nitrogens with zero attached hydrogens (tertiary/aromatic N) is 2. The summed E-state index contributed by atoms with van der Waals surface area (Å²) >= 11 is 1.53. The van der Waals surface area contributed by atoms with Crippen LogP contribution in [0.2, 0.25) is 0 Å². The van der Waals surface area contributed by atoms with E-state index in [0.29, 0.717) is 11.9 Å². The molecule has 2 aromatic carbocycles. The molecule has 1 saturated carbocycles. The Kier molecular flexibility index (Phi) is 8.28. The van der Waals surface area contributed by atoms with Crippen molar-refractivity contribution in [2.45, 2.75) is 70.0 Å². The molecule has 206 valence electrons. The third-order valence-corrected chi connectivity index (χ3v) is 9.23. The highest BCUT2D eigenvalue weighted by atomic mass is 32.1. The number of amides is 2. The molecule has 1 saturated heterocycles. The summed E-state index contributed by atoms with van der Waals surface area (Å²) in [5.74, 6) is -0.966. The van der Waals surface area contributed by atoms with Crippen molar-refractivity contribution in [1.29, 1.82) is 0 Å². The van der Waals surface area contributed by atoms with E-state index in [-0.39, 0.29) is 35.4 Å². The smallest absolute Gasteiger partial charge is 0.336 e. The van der Waals surface area contributed by atoms with Gasteiger partial charge in [-0.3, -0.25) is 9.59 Å². The molecule has 39 heavy (non-hydrogen) atoms. The second kappa shape index (κ2) is 11.8. The summed E-state index contributed by atoms with van der Waals surface area (Å²) in [4.78, 5) is 45.5. The highest BCUT2D eigenvalue weighted by molar-refractivity contribution is 7.10. The van der Waals surface area contributed by atoms with Gasteiger partial charge in [0.25, 0.3) is 0 Å². The molecule has 2 fully saturated rings. The first-order valence-electron chi connectivity index (χ1n) is 13.9. The number of aromatic carboxylic acids is 1. The van der Waals surface area contributed by atoms with Crippen LogP contribution < -0.4 is 10.6 Å². The first kappa shape index (κ1) is 27.3. The Morgan fingerprint density at radius 2 is 1.77 bits per heavy atom. The van der Waals surface area contributed by atoms with E-state index in [1.807, 2.05) is 40.6 Å². The van der Waals surface area contributed by atoms with E-state index in [1.54, 1.807) is 20.0 Å². The molecule has 1 aromatic heterocycles. The second-order valence-electron chi connectivity index (χ2n) is 10.7. The SMILES string of the molecule is CN[C@@H](C)C(=O)N[C@H](C(=O)N1CCCC1c1nc(-c2ccc(C(=O)O)c3ccccc23)cs1)C1CCCCC1. The third-order valence-electron chi connectivity index (χ3n) is 8.28. The highest BCUT2D eigenvalue weighted by Crippen LogP contribution is 2.39. The van der Waals surface area contributed by atoms with Gasteiger partial charge in [0.2, 0.25) is 11.8 Å². The molecule has 3 N–H and O–H groups in total. The standard InChI is InChI=1S/C30H36N4O4S/c1-18(31-2)27(35)33-26(19-9-4-3-5-10-19)29(36)34-16-8-13-25(34)28-32-24(17-39-28)22-14-15-23(30(37)38)21-12-7-6-11-20(21)22/h6-7,11-12,14-15,17-19,25-26,31H,3-5,8-10,13,16H2,1-2H3,(H,33,35)(H,37,38)/t18-,25?,26-/m0/s1. The van der Waals surface area contributed by atoms with Gasteiger partial charge in [-0.2, -0.15) is 0 Å². The number of aromatic nitrogens is 1. The number of rotatable bonds is 8. The molecule has 5 rings (SSSR count). The maximum absolute atomic E-state index is 14.0. The summed E-state index contributed by atoms with van der Waals surface area (Å²) < 4.78 is 0. The van der Waals surface area contributed by atoms with Crippen LogP contribution in [-0.2, 0) is 9.59 Å². The number of nitrogens with one attached hydrogen (secondary N) is 2. The van der Waals surface area contributed by atoms with Crippen molar-refractivity contribution in [2.75, 3.05) is 13.6 Å². The van der Waals surface area contributed by atoms with Gasteiger partial charge in [-0.15, -0.1) is 11.3 Å². The normalized spacial score (nSPS) is 19.6. The van der Waals surface area contributed by atoms with Crippen LogP contribution in [0.5, 0.6) is 0 Å². The van der Waals surface area contributed by atoms with Gasteiger partial charge in [0.1, 0.15) is 11.0 Å². The molecular weight excluding hydrogens is 512 g/mol. The van der Waals surface area contributed by atoms with Crippen LogP contribution in [-0.4, -0.2) is 58.5 Å². The van der Waals surface area contributed by atoms with Crippen molar-refractivity contribution < 1.29 is 19.5 Å². The number of fused-ring (bicyclic) bond motifs is 1. The molecule has 0 spiro atoms. The van der Waals surface area contributed by atoms with Crippen molar-refractivity contribution in [3.8, 4) is 11.3 Å². The Labute approximate surface area is 232 Å². The first-order chi connectivity index (χ1) is 18.9. The molecule has 0 radical (unpaired) electrons. The Morgan fingerprint density at radius 1 is 1.03 bits per heavy atom. The lowest BCUT2D eigenvalue weighted by molar-refractivity contribution is -0.139. The fourth-order valence-electron chi connectivity index (χ4n) is 6.00. The number of carboxylic acid groups (broad SMARTS) is 1. The van der Waals surface area contributed by atoms with Crippen LogP contribution in [0.25, 0.3) is 22.0 Å². The summed E-state index contributed by atoms with van der Waals surface area (Å²) in [6, 6.07) is 9.90. The number of likely N-dealkylation sites (tertiary alicyclic amines) is 1. The summed E-state index contributed by atoms with van der Waals surface area (Å²) in [7, 11) is 1.75. The van der Waals surface area contributed by atoms with Crippen LogP contribution in [0.4, 0.5) is 0 Å². The zero-order valence-corrected chi connectivity index (χ0v) is 23.3. The fourth-order valence-corrected chi connectivity index (χ4v) is 6.96. The summed E-state index contributed by atoms with van der Waals surface area (Å²) in [5, 5.41) is 20.1. The van der Waals surface area contributed by atoms with E-state index in [4.69, 9.17) is 4.98 Å². The number of thiazole rings is 1. The van der Waals surface area contributed by atoms with E-state index in [1.165, 1.54) is 17.8 Å². The van der Waals surface area contributed by atoms with E-state index >= 15 is 0 Å². The molecule has 0 bridgehead atoms. The van der Waals surface area contributed by atoms with Gasteiger partial charge in [-0.1, -0.05) is 49.6 Å². The molecule has 1 unspecified atom stereocenters. The van der Waals surface area contributed by atoms with Gasteiger partial charge in [0.05, 0.1) is 23.3 Å². The van der Waals surface area contributed by atoms with Crippen LogP contribution in [0.3, 0.4) is 0 Å². The molecule has 2 amide bonds. The number of hydrogen-bond acceptors (Lipinski definition) is 6. The molecule has 3 aromatic rings. The summed E-state index contributed by atoms with van der Waals surface area (Å²) in [5.41, 5.74) is 1.92. The molecule has 2 heterocycles. The highest BCUT2D eigenvalue weighted by Gasteiger charge is 2.40. The molecule has 3 atom stereocenters. The number of hydrogen-bond donors (Lipinski definition) is 3. The number of likely N-dealkylation sites (N-methyl/N-ethyl adjacent to an activating group) is 1. The topological polar surface area (TPSA) is 112 Å². The van der Waals surface area contributed by atoms with Crippen LogP contribution >= 0.6 is 11.3 Å². The van der Waals surface area contributed by atoms with E-state index in [9.17, 15) is 19.5 Å². The van der Waals surface area contributed by atoms with Gasteiger partial charge in [-0.05, 0) is 62.4 Å². The Bertz CT molecular complexity index is 1370. The monoisotopic (exact) mass is 548 g/mol. The van der Waals surface area contributed by atoms with Crippen molar-refractivity contribution >= 4 is 39.9 Å². The minimum absolute atomic E-state index is 0.00550. The Balaban J connectivity index is 1.42. The second-order valence-corrected chi connectivity index (χ2v) is 11.6. The quantitative estimate of drug-likeness (QED) is 0.365. The minimum Gasteiger partial charge on any atom is -0.478 e. The summed E-state index contributed by atoms with van der Waals surface area (Å²) in [6.45, 7) is 2.45. The molecule has 9 heteroatoms. The van der Waals surface area contributed by atoms with E-state index in [0.717, 1.165) is 60.2 Å². The number of carbonyl (C=O) groups is 3. The predicted molar refractivity (Wildman–Crippen MR) is 153 cm³/mol. The van der Waals surface area contributed by atoms with Crippen molar-refractivity contribution in [2.24, 2.45) is 5.92 Å². The van der Waals surface area contributed by atoms with Crippen LogP contribution in [0, 0.1) is 5.92 Å². The zero-order chi connectivity index (χ0) is 27.5. The summed E-state index contributed by atoms with van der Waals surface area (Å²) in [6.07, 6.45) is 6.96. The first-order valence-corrected chi connectivity index (χ1v) is 14.8. The van der Waals surface area contributed by atoms with Crippen molar-refractivity contribution in [3.05, 3.63) is 52.3 Å². The number of carboxylic acids is 1. The molecule has 8 nitrogen and oxygen atoms in total. The van der Waals surface area contributed by atoms with Crippen molar-refractivity contribution in [1.82, 2.24) is 20.5 Å². The Morgan fingerprint density at radius 3 is 2.49 bits per heavy atom. The molecular formula is C30H36N4O4S. The third kappa shape index (κ3) is 5.56. The average Bonchev–Trinajstić information content (AvgIpc) is 3.65. The van der Waals surface area contributed by atoms with Crippen LogP contribution in [0.15, 0.2) is 41.8 Å².